The quantitative estimate of drug-likeness (QED) is 0.920. The number of fused-ring (bicyclic) bond motifs is 1. The Balaban J connectivity index is 1.54. The second kappa shape index (κ2) is 6.23. The summed E-state index contributed by atoms with van der Waals surface area (Å²) in [5, 5.41) is 1.29. The van der Waals surface area contributed by atoms with Gasteiger partial charge in [0, 0.05) is 12.4 Å². The number of carbonyl (C=O) groups excluding carboxylic acids is 2. The van der Waals surface area contributed by atoms with E-state index in [-0.39, 0.29) is 12.4 Å². The fourth-order valence-corrected chi connectivity index (χ4v) is 2.91. The highest BCUT2D eigenvalue weighted by atomic mass is 19.1. The smallest absolute Gasteiger partial charge is 0.283 e. The zero-order chi connectivity index (χ0) is 18.3. The first-order valence-electron chi connectivity index (χ1n) is 7.90. The summed E-state index contributed by atoms with van der Waals surface area (Å²) in [5.74, 6) is -1.23. The van der Waals surface area contributed by atoms with Gasteiger partial charge in [-0.2, -0.15) is 5.43 Å². The maximum absolute atomic E-state index is 13.4. The molecule has 1 fully saturated rings. The van der Waals surface area contributed by atoms with Crippen molar-refractivity contribution in [3.8, 4) is 0 Å². The van der Waals surface area contributed by atoms with E-state index in [1.807, 2.05) is 0 Å². The van der Waals surface area contributed by atoms with Crippen LogP contribution in [0.1, 0.15) is 5.56 Å². The lowest BCUT2D eigenvalue weighted by Crippen LogP contribution is -2.51. The number of hydrazine groups is 1. The average Bonchev–Trinajstić information content (AvgIpc) is 2.94. The van der Waals surface area contributed by atoms with Crippen molar-refractivity contribution >= 4 is 17.6 Å². The summed E-state index contributed by atoms with van der Waals surface area (Å²) in [6.07, 6.45) is 1.97. The summed E-state index contributed by atoms with van der Waals surface area (Å²) >= 11 is 0. The van der Waals surface area contributed by atoms with Crippen LogP contribution in [0.25, 0.3) is 0 Å². The Kier molecular flexibility index (Phi) is 3.89. The highest BCUT2D eigenvalue weighted by Gasteiger charge is 2.44. The van der Waals surface area contributed by atoms with Gasteiger partial charge in [-0.1, -0.05) is 18.2 Å². The molecule has 0 aromatic heterocycles. The van der Waals surface area contributed by atoms with E-state index in [2.05, 4.69) is 5.43 Å². The summed E-state index contributed by atoms with van der Waals surface area (Å²) in [6.45, 7) is 0.174. The van der Waals surface area contributed by atoms with Crippen molar-refractivity contribution in [3.63, 3.8) is 0 Å². The normalized spacial score (nSPS) is 19.3. The zero-order valence-corrected chi connectivity index (χ0v) is 13.5. The van der Waals surface area contributed by atoms with Crippen molar-refractivity contribution in [1.82, 2.24) is 15.3 Å². The monoisotopic (exact) mass is 356 g/mol. The van der Waals surface area contributed by atoms with Gasteiger partial charge in [-0.3, -0.25) is 19.6 Å². The van der Waals surface area contributed by atoms with Gasteiger partial charge in [-0.25, -0.2) is 13.6 Å². The molecule has 6 nitrogen and oxygen atoms in total. The van der Waals surface area contributed by atoms with Gasteiger partial charge in [0.2, 0.25) is 0 Å². The summed E-state index contributed by atoms with van der Waals surface area (Å²) in [4.78, 5) is 27.8. The number of hydrogen-bond donors (Lipinski definition) is 1. The van der Waals surface area contributed by atoms with Crippen LogP contribution >= 0.6 is 0 Å². The van der Waals surface area contributed by atoms with Crippen LogP contribution in [0.2, 0.25) is 0 Å². The Bertz CT molecular complexity index is 900. The van der Waals surface area contributed by atoms with Crippen molar-refractivity contribution in [2.24, 2.45) is 0 Å². The van der Waals surface area contributed by atoms with E-state index in [4.69, 9.17) is 0 Å². The van der Waals surface area contributed by atoms with Crippen molar-refractivity contribution in [3.05, 3.63) is 78.1 Å². The Morgan fingerprint density at radius 3 is 2.46 bits per heavy atom. The zero-order valence-electron chi connectivity index (χ0n) is 13.5. The predicted molar refractivity (Wildman–Crippen MR) is 89.1 cm³/mol. The summed E-state index contributed by atoms with van der Waals surface area (Å²) in [7, 11) is 0. The third-order valence-corrected chi connectivity index (χ3v) is 4.20. The maximum Gasteiger partial charge on any atom is 0.340 e. The second-order valence-corrected chi connectivity index (χ2v) is 5.92. The Morgan fingerprint density at radius 1 is 0.962 bits per heavy atom. The van der Waals surface area contributed by atoms with Gasteiger partial charge in [0.25, 0.3) is 5.91 Å². The van der Waals surface area contributed by atoms with E-state index in [0.29, 0.717) is 11.3 Å². The summed E-state index contributed by atoms with van der Waals surface area (Å²) in [6, 6.07) is 11.0. The third kappa shape index (κ3) is 2.80. The molecule has 3 amide bonds. The molecule has 1 N–H and O–H groups in total. The Morgan fingerprint density at radius 2 is 1.73 bits per heavy atom. The first kappa shape index (κ1) is 16.2. The summed E-state index contributed by atoms with van der Waals surface area (Å²) in [5.41, 5.74) is 3.94. The lowest BCUT2D eigenvalue weighted by atomic mass is 10.2. The summed E-state index contributed by atoms with van der Waals surface area (Å²) < 4.78 is 26.4. The van der Waals surface area contributed by atoms with Crippen LogP contribution in [0, 0.1) is 11.6 Å². The molecule has 2 heterocycles. The van der Waals surface area contributed by atoms with Crippen LogP contribution < -0.4 is 10.3 Å². The van der Waals surface area contributed by atoms with E-state index in [1.165, 1.54) is 57.5 Å². The maximum atomic E-state index is 13.4. The standard InChI is InChI=1S/C18H14F2N4O2/c19-13-6-4-12(5-7-13)11-24-18(26)23-9-8-22(17(25)16(23)21-24)15-3-1-2-14(20)10-15/h1-10,16,21H,11H2. The number of nitrogens with zero attached hydrogens (tertiary/aromatic N) is 3. The molecule has 0 radical (unpaired) electrons. The lowest BCUT2D eigenvalue weighted by molar-refractivity contribution is -0.122. The van der Waals surface area contributed by atoms with E-state index >= 15 is 0 Å². The van der Waals surface area contributed by atoms with Crippen LogP contribution in [0.5, 0.6) is 0 Å². The minimum atomic E-state index is -0.920. The fourth-order valence-electron chi connectivity index (χ4n) is 2.91. The molecule has 0 bridgehead atoms. The minimum Gasteiger partial charge on any atom is -0.283 e. The van der Waals surface area contributed by atoms with E-state index < -0.39 is 23.9 Å². The SMILES string of the molecule is O=C1C2NN(Cc3ccc(F)cc3)C(=O)N2C=CN1c1cccc(F)c1. The molecule has 132 valence electrons. The lowest BCUT2D eigenvalue weighted by Gasteiger charge is -2.29. The highest BCUT2D eigenvalue weighted by molar-refractivity contribution is 6.02. The van der Waals surface area contributed by atoms with Gasteiger partial charge in [0.05, 0.1) is 12.2 Å². The molecule has 2 aliphatic rings. The number of anilines is 1. The van der Waals surface area contributed by atoms with Gasteiger partial charge in [-0.15, -0.1) is 0 Å². The second-order valence-electron chi connectivity index (χ2n) is 5.92. The van der Waals surface area contributed by atoms with Crippen molar-refractivity contribution in [1.29, 1.82) is 0 Å². The predicted octanol–water partition coefficient (Wildman–Crippen LogP) is 2.55. The average molecular weight is 356 g/mol. The molecule has 0 spiro atoms. The molecule has 26 heavy (non-hydrogen) atoms. The number of amides is 3. The number of benzene rings is 2. The fraction of sp³-hybridized carbons (Fsp3) is 0.111. The molecule has 0 saturated carbocycles. The van der Waals surface area contributed by atoms with Crippen LogP contribution in [-0.4, -0.2) is 28.0 Å². The van der Waals surface area contributed by atoms with Gasteiger partial charge >= 0.3 is 6.03 Å². The first-order valence-corrected chi connectivity index (χ1v) is 7.90. The number of hydrogen-bond acceptors (Lipinski definition) is 3. The molecule has 2 aromatic carbocycles. The third-order valence-electron chi connectivity index (χ3n) is 4.20. The largest absolute Gasteiger partial charge is 0.340 e. The molecule has 1 atom stereocenters. The van der Waals surface area contributed by atoms with Crippen LogP contribution in [0.3, 0.4) is 0 Å². The van der Waals surface area contributed by atoms with Gasteiger partial charge in [0.1, 0.15) is 11.6 Å². The Labute approximate surface area is 147 Å². The van der Waals surface area contributed by atoms with Crippen molar-refractivity contribution in [2.75, 3.05) is 4.90 Å². The molecule has 2 aliphatic heterocycles. The van der Waals surface area contributed by atoms with Crippen LogP contribution in [0.4, 0.5) is 19.3 Å². The molecule has 8 heteroatoms. The molecule has 4 rings (SSSR count). The van der Waals surface area contributed by atoms with Gasteiger partial charge in [0.15, 0.2) is 6.17 Å². The van der Waals surface area contributed by atoms with Gasteiger partial charge in [-0.05, 0) is 35.9 Å². The van der Waals surface area contributed by atoms with Crippen molar-refractivity contribution in [2.45, 2.75) is 12.7 Å². The van der Waals surface area contributed by atoms with Crippen LogP contribution in [0.15, 0.2) is 60.9 Å². The Hall–Kier alpha value is -3.26. The number of carbonyl (C=O) groups is 2. The number of urea groups is 1. The van der Waals surface area contributed by atoms with E-state index in [9.17, 15) is 18.4 Å². The first-order chi connectivity index (χ1) is 12.5. The minimum absolute atomic E-state index is 0.174. The van der Waals surface area contributed by atoms with E-state index in [1.54, 1.807) is 18.2 Å². The molecule has 0 aliphatic carbocycles. The van der Waals surface area contributed by atoms with Crippen LogP contribution in [-0.2, 0) is 11.3 Å². The van der Waals surface area contributed by atoms with Crippen molar-refractivity contribution < 1.29 is 18.4 Å². The number of nitrogens with one attached hydrogen (secondary N) is 1. The molecule has 2 aromatic rings. The van der Waals surface area contributed by atoms with E-state index in [0.717, 1.165) is 0 Å². The van der Waals surface area contributed by atoms with Gasteiger partial charge < -0.3 is 0 Å². The molecule has 1 unspecified atom stereocenters. The topological polar surface area (TPSA) is 55.9 Å². The molecule has 1 saturated heterocycles. The number of halogens is 2. The molecular formula is C18H14F2N4O2. The molecular weight excluding hydrogens is 342 g/mol. The number of rotatable bonds is 3. The highest BCUT2D eigenvalue weighted by Crippen LogP contribution is 2.25.